The summed E-state index contributed by atoms with van der Waals surface area (Å²) in [5.41, 5.74) is 1.27. The molecular weight excluding hydrogens is 354 g/mol. The topological polar surface area (TPSA) is 71.5 Å². The van der Waals surface area contributed by atoms with Crippen molar-refractivity contribution < 1.29 is 9.53 Å². The Kier molecular flexibility index (Phi) is 4.99. The summed E-state index contributed by atoms with van der Waals surface area (Å²) in [6.45, 7) is 3.40. The molecule has 4 rings (SSSR count). The van der Waals surface area contributed by atoms with E-state index in [1.54, 1.807) is 23.4 Å². The average Bonchev–Trinajstić information content (AvgIpc) is 3.23. The van der Waals surface area contributed by atoms with Crippen LogP contribution < -0.4 is 4.90 Å². The number of aromatic nitrogens is 3. The van der Waals surface area contributed by atoms with Gasteiger partial charge in [-0.3, -0.25) is 9.78 Å². The lowest BCUT2D eigenvalue weighted by Crippen LogP contribution is -2.42. The van der Waals surface area contributed by atoms with Gasteiger partial charge < -0.3 is 14.5 Å². The molecule has 4 heterocycles. The van der Waals surface area contributed by atoms with Crippen LogP contribution >= 0.6 is 11.6 Å². The third kappa shape index (κ3) is 3.50. The van der Waals surface area contributed by atoms with Gasteiger partial charge in [0.15, 0.2) is 0 Å². The van der Waals surface area contributed by atoms with E-state index >= 15 is 0 Å². The third-order valence-electron chi connectivity index (χ3n) is 4.74. The second kappa shape index (κ2) is 7.55. The fourth-order valence-electron chi connectivity index (χ4n) is 3.34. The van der Waals surface area contributed by atoms with Crippen LogP contribution in [0.3, 0.4) is 0 Å². The number of rotatable bonds is 3. The number of ether oxygens (including phenoxy) is 1. The van der Waals surface area contributed by atoms with Gasteiger partial charge in [0.25, 0.3) is 5.91 Å². The molecule has 2 aliphatic heterocycles. The Morgan fingerprint density at radius 3 is 2.85 bits per heavy atom. The van der Waals surface area contributed by atoms with Gasteiger partial charge in [0.1, 0.15) is 6.10 Å². The van der Waals surface area contributed by atoms with Gasteiger partial charge in [-0.1, -0.05) is 11.6 Å². The van der Waals surface area contributed by atoms with Crippen LogP contribution in [0.4, 0.5) is 5.95 Å². The van der Waals surface area contributed by atoms with Crippen molar-refractivity contribution in [2.75, 3.05) is 37.7 Å². The van der Waals surface area contributed by atoms with Crippen molar-refractivity contribution >= 4 is 23.5 Å². The second-order valence-electron chi connectivity index (χ2n) is 6.44. The minimum absolute atomic E-state index is 0.112. The van der Waals surface area contributed by atoms with E-state index in [4.69, 9.17) is 16.3 Å². The summed E-state index contributed by atoms with van der Waals surface area (Å²) >= 11 is 6.12. The van der Waals surface area contributed by atoms with Crippen LogP contribution in [0.5, 0.6) is 0 Å². The van der Waals surface area contributed by atoms with Gasteiger partial charge in [0, 0.05) is 38.2 Å². The molecule has 0 aromatic carbocycles. The molecule has 2 saturated heterocycles. The van der Waals surface area contributed by atoms with Gasteiger partial charge >= 0.3 is 0 Å². The number of anilines is 1. The molecule has 2 fully saturated rings. The fraction of sp³-hybridized carbons (Fsp3) is 0.444. The van der Waals surface area contributed by atoms with Crippen molar-refractivity contribution in [3.05, 3.63) is 47.0 Å². The number of halogens is 1. The molecule has 136 valence electrons. The van der Waals surface area contributed by atoms with Crippen molar-refractivity contribution in [1.29, 1.82) is 0 Å². The third-order valence-corrected chi connectivity index (χ3v) is 5.04. The summed E-state index contributed by atoms with van der Waals surface area (Å²) in [6, 6.07) is 3.50. The second-order valence-corrected chi connectivity index (χ2v) is 6.85. The molecule has 26 heavy (non-hydrogen) atoms. The largest absolute Gasteiger partial charge is 0.368 e. The number of carbonyl (C=O) groups is 1. The molecule has 2 aromatic rings. The summed E-state index contributed by atoms with van der Waals surface area (Å²) in [7, 11) is 0. The van der Waals surface area contributed by atoms with Gasteiger partial charge in [0.2, 0.25) is 5.95 Å². The van der Waals surface area contributed by atoms with E-state index in [2.05, 4.69) is 19.9 Å². The molecule has 1 atom stereocenters. The standard InChI is InChI=1S/C18H20ClN5O2/c19-14-11-20-5-3-13(14)17(25)24-9-10-26-16(12-24)15-4-6-21-18(22-15)23-7-1-2-8-23/h3-6,11,16H,1-2,7-10,12H2. The van der Waals surface area contributed by atoms with Gasteiger partial charge in [-0.2, -0.15) is 0 Å². The lowest BCUT2D eigenvalue weighted by atomic mass is 10.1. The van der Waals surface area contributed by atoms with Crippen LogP contribution in [0.25, 0.3) is 0 Å². The highest BCUT2D eigenvalue weighted by atomic mass is 35.5. The van der Waals surface area contributed by atoms with Crippen molar-refractivity contribution in [2.24, 2.45) is 0 Å². The molecule has 8 heteroatoms. The van der Waals surface area contributed by atoms with Crippen molar-refractivity contribution in [1.82, 2.24) is 19.9 Å². The Hall–Kier alpha value is -2.25. The first kappa shape index (κ1) is 17.2. The molecule has 1 amide bonds. The lowest BCUT2D eigenvalue weighted by Gasteiger charge is -2.33. The maximum atomic E-state index is 12.8. The molecule has 0 aliphatic carbocycles. The zero-order valence-corrected chi connectivity index (χ0v) is 15.1. The summed E-state index contributed by atoms with van der Waals surface area (Å²) in [5.74, 6) is 0.628. The van der Waals surface area contributed by atoms with Crippen LogP contribution in [-0.2, 0) is 4.74 Å². The van der Waals surface area contributed by atoms with E-state index < -0.39 is 0 Å². The zero-order chi connectivity index (χ0) is 17.9. The maximum absolute atomic E-state index is 12.8. The summed E-state index contributed by atoms with van der Waals surface area (Å²) in [4.78, 5) is 29.7. The number of hydrogen-bond acceptors (Lipinski definition) is 6. The Bertz CT molecular complexity index is 797. The van der Waals surface area contributed by atoms with E-state index in [1.165, 1.54) is 19.0 Å². The summed E-state index contributed by atoms with van der Waals surface area (Å²) in [5, 5.41) is 0.360. The van der Waals surface area contributed by atoms with E-state index in [9.17, 15) is 4.79 Å². The number of morpholine rings is 1. The van der Waals surface area contributed by atoms with Gasteiger partial charge in [-0.05, 0) is 25.0 Å². The first-order valence-corrected chi connectivity index (χ1v) is 9.18. The Morgan fingerprint density at radius 1 is 1.19 bits per heavy atom. The minimum atomic E-state index is -0.266. The molecular formula is C18H20ClN5O2. The van der Waals surface area contributed by atoms with Crippen LogP contribution in [0.15, 0.2) is 30.7 Å². The summed E-state index contributed by atoms with van der Waals surface area (Å²) < 4.78 is 5.88. The van der Waals surface area contributed by atoms with Gasteiger partial charge in [0.05, 0.1) is 29.4 Å². The summed E-state index contributed by atoms with van der Waals surface area (Å²) in [6.07, 6.45) is 6.89. The van der Waals surface area contributed by atoms with Crippen LogP contribution in [0, 0.1) is 0 Å². The number of hydrogen-bond donors (Lipinski definition) is 0. The van der Waals surface area contributed by atoms with Crippen molar-refractivity contribution in [3.63, 3.8) is 0 Å². The van der Waals surface area contributed by atoms with E-state index in [1.807, 2.05) is 6.07 Å². The van der Waals surface area contributed by atoms with E-state index in [0.29, 0.717) is 30.3 Å². The van der Waals surface area contributed by atoms with Gasteiger partial charge in [-0.15, -0.1) is 0 Å². The number of pyridine rings is 1. The molecule has 7 nitrogen and oxygen atoms in total. The van der Waals surface area contributed by atoms with Crippen LogP contribution in [-0.4, -0.2) is 58.5 Å². The quantitative estimate of drug-likeness (QED) is 0.822. The van der Waals surface area contributed by atoms with Crippen molar-refractivity contribution in [2.45, 2.75) is 18.9 Å². The smallest absolute Gasteiger partial charge is 0.255 e. The van der Waals surface area contributed by atoms with E-state index in [0.717, 1.165) is 24.7 Å². The number of carbonyl (C=O) groups excluding carboxylic acids is 1. The maximum Gasteiger partial charge on any atom is 0.255 e. The first-order valence-electron chi connectivity index (χ1n) is 8.80. The molecule has 0 N–H and O–H groups in total. The zero-order valence-electron chi connectivity index (χ0n) is 14.3. The molecule has 0 spiro atoms. The van der Waals surface area contributed by atoms with E-state index in [-0.39, 0.29) is 12.0 Å². The molecule has 2 aliphatic rings. The molecule has 0 saturated carbocycles. The highest BCUT2D eigenvalue weighted by Crippen LogP contribution is 2.25. The molecule has 1 unspecified atom stereocenters. The predicted molar refractivity (Wildman–Crippen MR) is 97.3 cm³/mol. The Morgan fingerprint density at radius 2 is 2.04 bits per heavy atom. The van der Waals surface area contributed by atoms with Crippen LogP contribution in [0.1, 0.15) is 35.0 Å². The van der Waals surface area contributed by atoms with Gasteiger partial charge in [-0.25, -0.2) is 9.97 Å². The highest BCUT2D eigenvalue weighted by Gasteiger charge is 2.28. The first-order chi connectivity index (χ1) is 12.7. The predicted octanol–water partition coefficient (Wildman–Crippen LogP) is 2.34. The fourth-order valence-corrected chi connectivity index (χ4v) is 3.54. The Balaban J connectivity index is 1.51. The normalized spacial score (nSPS) is 20.4. The highest BCUT2D eigenvalue weighted by molar-refractivity contribution is 6.33. The number of amides is 1. The minimum Gasteiger partial charge on any atom is -0.368 e. The lowest BCUT2D eigenvalue weighted by molar-refractivity contribution is -0.0247. The molecule has 0 bridgehead atoms. The number of nitrogens with zero attached hydrogens (tertiary/aromatic N) is 5. The molecule has 0 radical (unpaired) electrons. The van der Waals surface area contributed by atoms with Crippen molar-refractivity contribution in [3.8, 4) is 0 Å². The van der Waals surface area contributed by atoms with Crippen LogP contribution in [0.2, 0.25) is 5.02 Å². The SMILES string of the molecule is O=C(c1ccncc1Cl)N1CCOC(c2ccnc(N3CCCC3)n2)C1. The average molecular weight is 374 g/mol. The Labute approximate surface area is 157 Å². The monoisotopic (exact) mass is 373 g/mol. The molecule has 2 aromatic heterocycles.